The van der Waals surface area contributed by atoms with Gasteiger partial charge in [-0.2, -0.15) is 0 Å². The van der Waals surface area contributed by atoms with E-state index in [1.54, 1.807) is 28.8 Å². The zero-order chi connectivity index (χ0) is 38.5. The molecule has 0 spiro atoms. The van der Waals surface area contributed by atoms with Gasteiger partial charge in [0.25, 0.3) is 0 Å². The van der Waals surface area contributed by atoms with Crippen LogP contribution in [0.3, 0.4) is 0 Å². The zero-order valence-corrected chi connectivity index (χ0v) is 35.3. The van der Waals surface area contributed by atoms with Gasteiger partial charge in [-0.05, 0) is 83.1 Å². The van der Waals surface area contributed by atoms with Gasteiger partial charge in [0.05, 0.1) is 19.1 Å². The quantitative estimate of drug-likeness (QED) is 0.296. The smallest absolute Gasteiger partial charge is 0.245 e. The van der Waals surface area contributed by atoms with Gasteiger partial charge in [0.15, 0.2) is 16.6 Å². The molecule has 8 rings (SSSR count). The minimum Gasteiger partial charge on any atom is -0.405 e. The van der Waals surface area contributed by atoms with Gasteiger partial charge in [-0.15, -0.1) is 0 Å². The van der Waals surface area contributed by atoms with Crippen LogP contribution < -0.4 is 5.32 Å². The Bertz CT molecular complexity index is 1770. The van der Waals surface area contributed by atoms with Gasteiger partial charge >= 0.3 is 0 Å². The highest BCUT2D eigenvalue weighted by Crippen LogP contribution is 2.57. The molecule has 0 bridgehead atoms. The van der Waals surface area contributed by atoms with E-state index in [0.717, 1.165) is 64.2 Å². The van der Waals surface area contributed by atoms with E-state index in [4.69, 9.17) is 8.85 Å². The number of rotatable bonds is 11. The Morgan fingerprint density at radius 2 is 1.15 bits per heavy atom. The van der Waals surface area contributed by atoms with Crippen LogP contribution in [0.1, 0.15) is 71.1 Å². The van der Waals surface area contributed by atoms with Gasteiger partial charge in [0, 0.05) is 38.2 Å². The summed E-state index contributed by atoms with van der Waals surface area (Å²) in [7, 11) is -1.03. The van der Waals surface area contributed by atoms with Crippen LogP contribution in [-0.4, -0.2) is 111 Å². The molecule has 2 aromatic carbocycles. The van der Waals surface area contributed by atoms with Crippen molar-refractivity contribution in [3.8, 4) is 11.1 Å². The summed E-state index contributed by atoms with van der Waals surface area (Å²) in [6.45, 7) is 13.5. The molecule has 0 unspecified atom stereocenters. The molecule has 4 saturated heterocycles. The fourth-order valence-electron chi connectivity index (χ4n) is 11.1. The third-order valence-corrected chi connectivity index (χ3v) is 24.0. The second-order valence-corrected chi connectivity index (χ2v) is 26.2. The van der Waals surface area contributed by atoms with Crippen LogP contribution in [0.15, 0.2) is 36.4 Å². The van der Waals surface area contributed by atoms with Crippen LogP contribution in [0, 0.1) is 0 Å². The number of piperazine rings is 2. The van der Waals surface area contributed by atoms with Crippen LogP contribution in [0.4, 0.5) is 5.69 Å². The first-order valence-corrected chi connectivity index (χ1v) is 25.4. The molecule has 6 atom stereocenters. The number of anilines is 1. The summed E-state index contributed by atoms with van der Waals surface area (Å²) in [6, 6.07) is 17.5. The molecule has 2 aromatic rings. The van der Waals surface area contributed by atoms with Gasteiger partial charge in [-0.1, -0.05) is 59.7 Å². The van der Waals surface area contributed by atoms with Crippen molar-refractivity contribution in [1.82, 2.24) is 19.6 Å². The van der Waals surface area contributed by atoms with E-state index in [0.29, 0.717) is 19.3 Å². The first kappa shape index (κ1) is 37.4. The normalized spacial score (nSPS) is 30.0. The van der Waals surface area contributed by atoms with E-state index in [2.05, 4.69) is 83.3 Å². The number of nitrogens with one attached hydrogen (secondary N) is 1. The third kappa shape index (κ3) is 5.09. The Hall–Kier alpha value is -3.53. The maximum absolute atomic E-state index is 13.7. The van der Waals surface area contributed by atoms with E-state index in [1.807, 2.05) is 4.90 Å². The summed E-state index contributed by atoms with van der Waals surface area (Å²) in [5, 5.41) is 3.68. The predicted octanol–water partition coefficient (Wildman–Crippen LogP) is 5.61. The summed E-state index contributed by atoms with van der Waals surface area (Å²) in [4.78, 5) is 61.5. The van der Waals surface area contributed by atoms with E-state index in [1.165, 1.54) is 5.56 Å². The average molecular weight is 772 g/mol. The zero-order valence-electron chi connectivity index (χ0n) is 33.3. The van der Waals surface area contributed by atoms with Crippen molar-refractivity contribution in [2.24, 2.45) is 0 Å². The highest BCUT2D eigenvalue weighted by Gasteiger charge is 2.66. The Kier molecular flexibility index (Phi) is 9.02. The Morgan fingerprint density at radius 1 is 0.667 bits per heavy atom. The molecule has 11 nitrogen and oxygen atoms in total. The largest absolute Gasteiger partial charge is 0.405 e. The summed E-state index contributed by atoms with van der Waals surface area (Å²) in [5.41, 5.74) is 4.65. The lowest BCUT2D eigenvalue weighted by Crippen LogP contribution is -2.60. The molecule has 0 saturated carbocycles. The van der Waals surface area contributed by atoms with Gasteiger partial charge in [0.2, 0.25) is 23.6 Å². The van der Waals surface area contributed by atoms with E-state index in [9.17, 15) is 19.2 Å². The molecule has 13 heteroatoms. The van der Waals surface area contributed by atoms with E-state index in [-0.39, 0.29) is 42.8 Å². The number of hydrogen-bond acceptors (Lipinski definition) is 7. The molecule has 290 valence electrons. The summed E-state index contributed by atoms with van der Waals surface area (Å²) in [6.07, 6.45) is 1.08. The fourth-order valence-corrected chi connectivity index (χ4v) is 17.1. The first-order chi connectivity index (χ1) is 25.8. The van der Waals surface area contributed by atoms with Gasteiger partial charge in [0.1, 0.15) is 29.5 Å². The average Bonchev–Trinajstić information content (AvgIpc) is 3.86. The van der Waals surface area contributed by atoms with Crippen molar-refractivity contribution in [3.05, 3.63) is 53.1 Å². The topological polar surface area (TPSA) is 112 Å². The standard InChI is InChI=1S/C41H57N5O6Si2/c1-9-53(10-2,11-3)51-40-22-32-37(49)43(7)24-35(47)45(32)34(40)21-28-16-15-26(19-29(28)40)27-17-18-31-30(20-27)41(52-54(12-4,13-5)14-6)23-33-38(50)44(8)25-36(48)46(33)39(41)42-31/h15-20,32-34,39,42H,9-14,21-25H2,1-8H3/t32-,33-,34-,39+,40-,41-/m0/s1. The Labute approximate surface area is 322 Å². The van der Waals surface area contributed by atoms with Crippen molar-refractivity contribution >= 4 is 46.0 Å². The van der Waals surface area contributed by atoms with Crippen LogP contribution >= 0.6 is 0 Å². The molecule has 5 heterocycles. The third-order valence-electron chi connectivity index (χ3n) is 14.6. The van der Waals surface area contributed by atoms with E-state index < -0.39 is 46.1 Å². The number of amides is 4. The Morgan fingerprint density at radius 3 is 1.72 bits per heavy atom. The summed E-state index contributed by atoms with van der Waals surface area (Å²) < 4.78 is 15.1. The Balaban J connectivity index is 1.25. The molecule has 6 aliphatic rings. The monoisotopic (exact) mass is 771 g/mol. The van der Waals surface area contributed by atoms with Crippen molar-refractivity contribution in [2.45, 2.75) is 133 Å². The summed E-state index contributed by atoms with van der Waals surface area (Å²) in [5.74, 6) is -0.108. The molecule has 0 radical (unpaired) electrons. The molecular weight excluding hydrogens is 715 g/mol. The number of fused-ring (bicyclic) bond motifs is 10. The van der Waals surface area contributed by atoms with Crippen LogP contribution in [0.2, 0.25) is 36.3 Å². The lowest BCUT2D eigenvalue weighted by atomic mass is 9.86. The second-order valence-electron chi connectivity index (χ2n) is 16.8. The van der Waals surface area contributed by atoms with Crippen LogP contribution in [0.5, 0.6) is 0 Å². The number of nitrogens with zero attached hydrogens (tertiary/aromatic N) is 4. The van der Waals surface area contributed by atoms with Crippen molar-refractivity contribution in [1.29, 1.82) is 0 Å². The van der Waals surface area contributed by atoms with Gasteiger partial charge in [-0.3, -0.25) is 19.2 Å². The summed E-state index contributed by atoms with van der Waals surface area (Å²) >= 11 is 0. The molecule has 1 aliphatic carbocycles. The van der Waals surface area contributed by atoms with E-state index >= 15 is 0 Å². The van der Waals surface area contributed by atoms with Crippen molar-refractivity contribution in [3.63, 3.8) is 0 Å². The van der Waals surface area contributed by atoms with Crippen LogP contribution in [0.25, 0.3) is 11.1 Å². The number of benzene rings is 2. The maximum atomic E-state index is 13.7. The number of likely N-dealkylation sites (N-methyl/N-ethyl adjacent to an activating group) is 2. The number of carbonyl (C=O) groups is 4. The number of carbonyl (C=O) groups excluding carboxylic acids is 4. The van der Waals surface area contributed by atoms with Crippen molar-refractivity contribution < 1.29 is 28.0 Å². The first-order valence-electron chi connectivity index (χ1n) is 20.4. The number of hydrogen-bond donors (Lipinski definition) is 1. The van der Waals surface area contributed by atoms with Crippen LogP contribution in [-0.2, 0) is 45.7 Å². The maximum Gasteiger partial charge on any atom is 0.245 e. The molecule has 4 fully saturated rings. The molecular formula is C41H57N5O6Si2. The highest BCUT2D eigenvalue weighted by molar-refractivity contribution is 6.74. The van der Waals surface area contributed by atoms with Crippen molar-refractivity contribution in [2.75, 3.05) is 32.5 Å². The lowest BCUT2D eigenvalue weighted by molar-refractivity contribution is -0.154. The second kappa shape index (κ2) is 13.0. The minimum atomic E-state index is -2.25. The molecule has 54 heavy (non-hydrogen) atoms. The molecule has 1 N–H and O–H groups in total. The predicted molar refractivity (Wildman–Crippen MR) is 212 cm³/mol. The van der Waals surface area contributed by atoms with Gasteiger partial charge in [-0.25, -0.2) is 0 Å². The highest BCUT2D eigenvalue weighted by atomic mass is 28.4. The fraction of sp³-hybridized carbons (Fsp3) is 0.610. The van der Waals surface area contributed by atoms with Gasteiger partial charge < -0.3 is 33.8 Å². The lowest BCUT2D eigenvalue weighted by Gasteiger charge is -2.42. The molecule has 5 aliphatic heterocycles. The molecule has 0 aromatic heterocycles. The minimum absolute atomic E-state index is 0.00441. The SMILES string of the molecule is CC[Si](CC)(CC)O[C@]12C[C@H]3C(=O)N(C)CC(=O)N3[C@H]1Cc1ccc(-c3ccc4c(c3)[C@@]3(O[Si](CC)(CC)CC)C[C@H]5C(=O)N(C)CC(=O)N5[C@H]3N4)cc12. The molecule has 4 amide bonds.